The molecule has 0 aliphatic carbocycles. The van der Waals surface area contributed by atoms with Crippen molar-refractivity contribution in [3.63, 3.8) is 0 Å². The summed E-state index contributed by atoms with van der Waals surface area (Å²) in [6.45, 7) is 0. The number of halogens is 7. The third-order valence-electron chi connectivity index (χ3n) is 1.50. The first-order chi connectivity index (χ1) is 7.52. The number of pyridine rings is 1. The minimum Gasteiger partial charge on any atom is -0.400 e. The van der Waals surface area contributed by atoms with Crippen molar-refractivity contribution in [3.8, 4) is 5.75 Å². The molecule has 0 aliphatic heterocycles. The number of hydrogen-bond acceptors (Lipinski definition) is 2. The van der Waals surface area contributed by atoms with Gasteiger partial charge in [-0.25, -0.2) is 0 Å². The number of ether oxygens (including phenoxy) is 1. The van der Waals surface area contributed by atoms with Crippen LogP contribution >= 0.6 is 22.6 Å². The van der Waals surface area contributed by atoms with E-state index in [1.165, 1.54) is 0 Å². The quantitative estimate of drug-likeness (QED) is 0.608. The standard InChI is InChI=1S/C7H2F6INO2/c8-6(9,10)5-3(14)4(16)2(1-15-5)17-7(11,12)13/h1H,(H,15,16). The molecule has 0 atom stereocenters. The highest BCUT2D eigenvalue weighted by Crippen LogP contribution is 2.31. The van der Waals surface area contributed by atoms with Crippen molar-refractivity contribution in [1.82, 2.24) is 4.98 Å². The fourth-order valence-electron chi connectivity index (χ4n) is 0.895. The lowest BCUT2D eigenvalue weighted by atomic mass is 10.3. The Labute approximate surface area is 103 Å². The molecule has 1 rings (SSSR count). The van der Waals surface area contributed by atoms with Crippen molar-refractivity contribution in [2.24, 2.45) is 0 Å². The van der Waals surface area contributed by atoms with E-state index in [0.29, 0.717) is 0 Å². The minimum atomic E-state index is -5.14. The Morgan fingerprint density at radius 2 is 1.71 bits per heavy atom. The van der Waals surface area contributed by atoms with Crippen molar-refractivity contribution >= 4 is 22.6 Å². The van der Waals surface area contributed by atoms with Crippen LogP contribution in [0.2, 0.25) is 0 Å². The van der Waals surface area contributed by atoms with Crippen LogP contribution in [0.25, 0.3) is 0 Å². The summed E-state index contributed by atoms with van der Waals surface area (Å²) in [5.41, 5.74) is -2.90. The molecule has 0 spiro atoms. The van der Waals surface area contributed by atoms with Crippen LogP contribution in [0.4, 0.5) is 26.3 Å². The largest absolute Gasteiger partial charge is 0.573 e. The van der Waals surface area contributed by atoms with Crippen LogP contribution < -0.4 is 10.2 Å². The Balaban J connectivity index is 3.26. The van der Waals surface area contributed by atoms with Gasteiger partial charge in [-0.3, -0.25) is 4.79 Å². The summed E-state index contributed by atoms with van der Waals surface area (Å²) in [6.07, 6.45) is -9.77. The number of H-pyrrole nitrogens is 1. The Hall–Kier alpha value is -0.940. The van der Waals surface area contributed by atoms with E-state index in [1.54, 1.807) is 4.98 Å². The fourth-order valence-corrected chi connectivity index (χ4v) is 1.62. The average Bonchev–Trinajstić information content (AvgIpc) is 2.08. The highest BCUT2D eigenvalue weighted by molar-refractivity contribution is 14.1. The molecule has 0 saturated heterocycles. The molecule has 0 bridgehead atoms. The van der Waals surface area contributed by atoms with E-state index in [4.69, 9.17) is 0 Å². The Morgan fingerprint density at radius 1 is 1.18 bits per heavy atom. The lowest BCUT2D eigenvalue weighted by Crippen LogP contribution is -2.25. The highest BCUT2D eigenvalue weighted by Gasteiger charge is 2.37. The number of rotatable bonds is 1. The topological polar surface area (TPSA) is 42.1 Å². The van der Waals surface area contributed by atoms with Gasteiger partial charge in [0, 0.05) is 6.20 Å². The lowest BCUT2D eigenvalue weighted by Gasteiger charge is -2.11. The molecule has 10 heteroatoms. The summed E-state index contributed by atoms with van der Waals surface area (Å²) in [4.78, 5) is 12.7. The van der Waals surface area contributed by atoms with Crippen LogP contribution in [0.5, 0.6) is 5.75 Å². The van der Waals surface area contributed by atoms with Gasteiger partial charge < -0.3 is 9.72 Å². The van der Waals surface area contributed by atoms with Crippen molar-refractivity contribution in [3.05, 3.63) is 25.7 Å². The normalized spacial score (nSPS) is 12.6. The van der Waals surface area contributed by atoms with Gasteiger partial charge >= 0.3 is 12.5 Å². The summed E-state index contributed by atoms with van der Waals surface area (Å²) in [5.74, 6) is -1.24. The molecule has 0 aromatic carbocycles. The van der Waals surface area contributed by atoms with Crippen LogP contribution in [0.3, 0.4) is 0 Å². The molecule has 1 aromatic rings. The number of aromatic nitrogens is 1. The van der Waals surface area contributed by atoms with Gasteiger partial charge in [-0.15, -0.1) is 13.2 Å². The second-order valence-corrected chi connectivity index (χ2v) is 3.80. The van der Waals surface area contributed by atoms with Crippen LogP contribution in [0.15, 0.2) is 11.0 Å². The second-order valence-electron chi connectivity index (χ2n) is 2.72. The Morgan fingerprint density at radius 3 is 2.12 bits per heavy atom. The molecule has 0 aliphatic rings. The smallest absolute Gasteiger partial charge is 0.400 e. The average molecular weight is 373 g/mol. The summed E-state index contributed by atoms with van der Waals surface area (Å²) in [5, 5.41) is 0. The molecule has 0 unspecified atom stereocenters. The molecule has 96 valence electrons. The molecule has 17 heavy (non-hydrogen) atoms. The van der Waals surface area contributed by atoms with E-state index in [-0.39, 0.29) is 6.20 Å². The second kappa shape index (κ2) is 4.38. The third-order valence-corrected chi connectivity index (χ3v) is 2.53. The van der Waals surface area contributed by atoms with E-state index >= 15 is 0 Å². The Kier molecular flexibility index (Phi) is 3.64. The van der Waals surface area contributed by atoms with Gasteiger partial charge in [0.1, 0.15) is 5.69 Å². The number of alkyl halides is 6. The highest BCUT2D eigenvalue weighted by atomic mass is 127. The summed E-state index contributed by atoms with van der Waals surface area (Å²) in [6, 6.07) is 0. The summed E-state index contributed by atoms with van der Waals surface area (Å²) < 4.78 is 74.5. The predicted octanol–water partition coefficient (Wildman–Crippen LogP) is 2.90. The van der Waals surface area contributed by atoms with E-state index in [0.717, 1.165) is 22.6 Å². The van der Waals surface area contributed by atoms with E-state index in [2.05, 4.69) is 4.74 Å². The van der Waals surface area contributed by atoms with Gasteiger partial charge in [0.2, 0.25) is 5.43 Å². The van der Waals surface area contributed by atoms with Crippen molar-refractivity contribution in [2.45, 2.75) is 12.5 Å². The zero-order valence-electron chi connectivity index (χ0n) is 7.54. The maximum Gasteiger partial charge on any atom is 0.573 e. The number of nitrogens with one attached hydrogen (secondary N) is 1. The molecular weight excluding hydrogens is 371 g/mol. The van der Waals surface area contributed by atoms with Gasteiger partial charge in [-0.2, -0.15) is 13.2 Å². The van der Waals surface area contributed by atoms with Crippen LogP contribution in [-0.2, 0) is 6.18 Å². The van der Waals surface area contributed by atoms with Crippen molar-refractivity contribution < 1.29 is 31.1 Å². The maximum atomic E-state index is 12.3. The van der Waals surface area contributed by atoms with Crippen LogP contribution in [0.1, 0.15) is 5.69 Å². The molecule has 1 heterocycles. The molecule has 1 N–H and O–H groups in total. The van der Waals surface area contributed by atoms with Gasteiger partial charge in [-0.1, -0.05) is 0 Å². The molecule has 0 radical (unpaired) electrons. The van der Waals surface area contributed by atoms with E-state index in [1.807, 2.05) is 0 Å². The summed E-state index contributed by atoms with van der Waals surface area (Å²) in [7, 11) is 0. The van der Waals surface area contributed by atoms with Crippen molar-refractivity contribution in [2.75, 3.05) is 0 Å². The zero-order valence-corrected chi connectivity index (χ0v) is 9.70. The van der Waals surface area contributed by atoms with E-state index in [9.17, 15) is 31.1 Å². The predicted molar refractivity (Wildman–Crippen MR) is 51.5 cm³/mol. The Bertz CT molecular complexity index is 477. The fraction of sp³-hybridized carbons (Fsp3) is 0.286. The van der Waals surface area contributed by atoms with Gasteiger partial charge in [0.25, 0.3) is 0 Å². The zero-order chi connectivity index (χ0) is 13.4. The maximum absolute atomic E-state index is 12.3. The van der Waals surface area contributed by atoms with Gasteiger partial charge in [0.15, 0.2) is 5.75 Å². The van der Waals surface area contributed by atoms with Crippen molar-refractivity contribution in [1.29, 1.82) is 0 Å². The molecule has 0 saturated carbocycles. The van der Waals surface area contributed by atoms with Crippen LogP contribution in [0, 0.1) is 3.57 Å². The molecule has 1 aromatic heterocycles. The first-order valence-electron chi connectivity index (χ1n) is 3.76. The molecule has 0 fully saturated rings. The first-order valence-corrected chi connectivity index (χ1v) is 4.84. The number of hydrogen-bond donors (Lipinski definition) is 1. The molecular formula is C7H2F6INO2. The summed E-state index contributed by atoms with van der Waals surface area (Å²) >= 11 is 0.996. The lowest BCUT2D eigenvalue weighted by molar-refractivity contribution is -0.275. The number of aromatic amines is 1. The van der Waals surface area contributed by atoms with Gasteiger partial charge in [0.05, 0.1) is 3.57 Å². The first kappa shape index (κ1) is 14.1. The SMILES string of the molecule is O=c1c(OC(F)(F)F)c[nH]c(C(F)(F)F)c1I. The van der Waals surface area contributed by atoms with Gasteiger partial charge in [-0.05, 0) is 22.6 Å². The third kappa shape index (κ3) is 3.51. The molecule has 0 amide bonds. The molecule has 3 nitrogen and oxygen atoms in total. The van der Waals surface area contributed by atoms with E-state index < -0.39 is 33.0 Å². The monoisotopic (exact) mass is 373 g/mol. The minimum absolute atomic E-state index is 0.223. The van der Waals surface area contributed by atoms with Crippen LogP contribution in [-0.4, -0.2) is 11.3 Å².